The maximum atomic E-state index is 6.47. The summed E-state index contributed by atoms with van der Waals surface area (Å²) in [6.45, 7) is 4.75. The number of nitrogens with zero attached hydrogens (tertiary/aromatic N) is 1. The first-order valence-corrected chi connectivity index (χ1v) is 18.9. The summed E-state index contributed by atoms with van der Waals surface area (Å²) in [6.07, 6.45) is 7.10. The zero-order chi connectivity index (χ0) is 34.6. The van der Waals surface area contributed by atoms with Crippen LogP contribution in [0.25, 0.3) is 55.3 Å². The number of fused-ring (bicyclic) bond motifs is 10. The highest BCUT2D eigenvalue weighted by Crippen LogP contribution is 2.51. The van der Waals surface area contributed by atoms with E-state index in [0.29, 0.717) is 0 Å². The maximum absolute atomic E-state index is 6.47. The van der Waals surface area contributed by atoms with Gasteiger partial charge in [0.25, 0.3) is 0 Å². The van der Waals surface area contributed by atoms with Gasteiger partial charge in [-0.05, 0) is 122 Å². The van der Waals surface area contributed by atoms with Crippen molar-refractivity contribution in [1.29, 1.82) is 0 Å². The van der Waals surface area contributed by atoms with Gasteiger partial charge < -0.3 is 9.73 Å². The van der Waals surface area contributed by atoms with Crippen molar-refractivity contribution in [2.75, 3.05) is 0 Å². The van der Waals surface area contributed by atoms with Crippen molar-refractivity contribution < 1.29 is 4.42 Å². The van der Waals surface area contributed by atoms with Gasteiger partial charge in [0.15, 0.2) is 0 Å². The molecule has 3 aliphatic carbocycles. The van der Waals surface area contributed by atoms with E-state index in [1.807, 2.05) is 0 Å². The second kappa shape index (κ2) is 11.2. The minimum Gasteiger partial charge on any atom is -0.456 e. The lowest BCUT2D eigenvalue weighted by Crippen LogP contribution is -2.34. The van der Waals surface area contributed by atoms with Crippen LogP contribution in [0.15, 0.2) is 142 Å². The number of hydrogen-bond donors (Lipinski definition) is 1. The third-order valence-corrected chi connectivity index (χ3v) is 12.6. The van der Waals surface area contributed by atoms with Crippen molar-refractivity contribution in [1.82, 2.24) is 5.32 Å². The van der Waals surface area contributed by atoms with Gasteiger partial charge in [-0.1, -0.05) is 117 Å². The maximum Gasteiger partial charge on any atom is 0.135 e. The fourth-order valence-electron chi connectivity index (χ4n) is 9.93. The van der Waals surface area contributed by atoms with Crippen LogP contribution in [-0.2, 0) is 18.3 Å². The van der Waals surface area contributed by atoms with Gasteiger partial charge in [-0.3, -0.25) is 4.99 Å². The molecule has 1 N–H and O–H groups in total. The van der Waals surface area contributed by atoms with E-state index in [9.17, 15) is 0 Å². The number of aryl methyl sites for hydroxylation is 2. The zero-order valence-electron chi connectivity index (χ0n) is 29.7. The van der Waals surface area contributed by atoms with Gasteiger partial charge in [-0.25, -0.2) is 0 Å². The molecule has 1 aromatic heterocycles. The number of rotatable bonds is 2. The van der Waals surface area contributed by atoms with Crippen LogP contribution in [0.5, 0.6) is 0 Å². The average molecular weight is 673 g/mol. The summed E-state index contributed by atoms with van der Waals surface area (Å²) < 4.78 is 6.47. The molecule has 2 heterocycles. The van der Waals surface area contributed by atoms with E-state index < -0.39 is 0 Å². The average Bonchev–Trinajstić information content (AvgIpc) is 3.47. The third kappa shape index (κ3) is 4.48. The van der Waals surface area contributed by atoms with Crippen LogP contribution in [0, 0.1) is 0 Å². The van der Waals surface area contributed by atoms with Crippen LogP contribution in [0.2, 0.25) is 0 Å². The molecule has 0 bridgehead atoms. The number of hydrogen-bond acceptors (Lipinski definition) is 3. The topological polar surface area (TPSA) is 37.5 Å². The van der Waals surface area contributed by atoms with Gasteiger partial charge in [0, 0.05) is 28.0 Å². The van der Waals surface area contributed by atoms with Crippen molar-refractivity contribution in [2.24, 2.45) is 4.99 Å². The van der Waals surface area contributed by atoms with E-state index in [-0.39, 0.29) is 17.4 Å². The van der Waals surface area contributed by atoms with E-state index in [4.69, 9.17) is 9.41 Å². The molecular formula is C49H40N2O. The summed E-state index contributed by atoms with van der Waals surface area (Å²) in [5, 5.41) is 10.5. The molecule has 0 spiro atoms. The number of furan rings is 1. The molecule has 252 valence electrons. The molecule has 2 atom stereocenters. The SMILES string of the molecule is CC1(C)C2=C(CC(C3CCc4cc5ccccc5cc4-c4cc5ccccc5cc43)N=C(C3=Cc4oc5ccccc5c4CC3)N2)c2ccccc21. The van der Waals surface area contributed by atoms with E-state index in [0.717, 1.165) is 49.3 Å². The number of aliphatic imine (C=N–C) groups is 1. The fraction of sp³-hybridized carbons (Fsp3) is 0.204. The Morgan fingerprint density at radius 1 is 0.692 bits per heavy atom. The molecule has 0 radical (unpaired) electrons. The molecule has 11 rings (SSSR count). The van der Waals surface area contributed by atoms with Crippen LogP contribution in [0.3, 0.4) is 0 Å². The van der Waals surface area contributed by atoms with Crippen molar-refractivity contribution in [3.05, 3.63) is 166 Å². The van der Waals surface area contributed by atoms with Crippen molar-refractivity contribution in [2.45, 2.75) is 63.3 Å². The molecule has 1 aliphatic heterocycles. The molecule has 3 heteroatoms. The summed E-state index contributed by atoms with van der Waals surface area (Å²) in [4.78, 5) is 5.86. The predicted octanol–water partition coefficient (Wildman–Crippen LogP) is 11.9. The second-order valence-electron chi connectivity index (χ2n) is 15.8. The quantitative estimate of drug-likeness (QED) is 0.198. The van der Waals surface area contributed by atoms with Crippen LogP contribution < -0.4 is 5.32 Å². The van der Waals surface area contributed by atoms with E-state index in [2.05, 4.69) is 147 Å². The molecule has 7 aromatic rings. The Labute approximate surface area is 304 Å². The summed E-state index contributed by atoms with van der Waals surface area (Å²) in [5.41, 5.74) is 14.4. The summed E-state index contributed by atoms with van der Waals surface area (Å²) >= 11 is 0. The first kappa shape index (κ1) is 30.0. The number of para-hydroxylation sites is 1. The highest BCUT2D eigenvalue weighted by atomic mass is 16.3. The third-order valence-electron chi connectivity index (χ3n) is 12.6. The number of nitrogens with one attached hydrogen (secondary N) is 1. The molecule has 2 unspecified atom stereocenters. The summed E-state index contributed by atoms with van der Waals surface area (Å²) in [7, 11) is 0. The van der Waals surface area contributed by atoms with E-state index in [1.165, 1.54) is 82.7 Å². The van der Waals surface area contributed by atoms with E-state index in [1.54, 1.807) is 0 Å². The number of benzene rings is 6. The number of allylic oxidation sites excluding steroid dienone is 1. The summed E-state index contributed by atoms with van der Waals surface area (Å²) in [6, 6.07) is 45.1. The van der Waals surface area contributed by atoms with Gasteiger partial charge >= 0.3 is 0 Å². The lowest BCUT2D eigenvalue weighted by molar-refractivity contribution is 0.514. The van der Waals surface area contributed by atoms with Crippen LogP contribution in [-0.4, -0.2) is 11.9 Å². The smallest absolute Gasteiger partial charge is 0.135 e. The Kier molecular flexibility index (Phi) is 6.44. The van der Waals surface area contributed by atoms with Crippen molar-refractivity contribution in [3.63, 3.8) is 0 Å². The second-order valence-corrected chi connectivity index (χ2v) is 15.8. The Balaban J connectivity index is 1.11. The highest BCUT2D eigenvalue weighted by Gasteiger charge is 2.42. The Morgan fingerprint density at radius 2 is 1.38 bits per heavy atom. The Morgan fingerprint density at radius 3 is 2.21 bits per heavy atom. The minimum absolute atomic E-state index is 0.0542. The normalized spacial score (nSPS) is 20.2. The minimum atomic E-state index is -0.157. The molecule has 0 fully saturated rings. The molecule has 52 heavy (non-hydrogen) atoms. The Hall–Kier alpha value is -5.67. The van der Waals surface area contributed by atoms with Gasteiger partial charge in [-0.2, -0.15) is 0 Å². The first-order chi connectivity index (χ1) is 25.5. The largest absolute Gasteiger partial charge is 0.456 e. The van der Waals surface area contributed by atoms with Gasteiger partial charge in [0.2, 0.25) is 0 Å². The molecule has 0 saturated heterocycles. The van der Waals surface area contributed by atoms with E-state index >= 15 is 0 Å². The molecule has 0 saturated carbocycles. The van der Waals surface area contributed by atoms with Crippen LogP contribution in [0.1, 0.15) is 72.6 Å². The van der Waals surface area contributed by atoms with Crippen LogP contribution >= 0.6 is 0 Å². The molecule has 4 aliphatic rings. The van der Waals surface area contributed by atoms with Crippen LogP contribution in [0.4, 0.5) is 0 Å². The molecule has 6 aromatic carbocycles. The lowest BCUT2D eigenvalue weighted by atomic mass is 9.81. The van der Waals surface area contributed by atoms with Crippen molar-refractivity contribution >= 4 is 50.0 Å². The number of amidine groups is 1. The lowest BCUT2D eigenvalue weighted by Gasteiger charge is -2.28. The molecule has 3 nitrogen and oxygen atoms in total. The standard InChI is InChI=1S/C49H40N2O/c1-49(2)43-17-9-7-15-35(43)42-28-44(50-48(51-47(42)49)34-20-22-38-37-16-8-10-18-45(37)52-46(38)27-34)36-21-19-33-23-29-11-3-4-12-30(29)24-39(33)41-26-32-14-6-5-13-31(32)25-40(36)41/h3-18,23-27,36,44H,19-22,28H2,1-2H3,(H,50,51). The molecular weight excluding hydrogens is 633 g/mol. The zero-order valence-corrected chi connectivity index (χ0v) is 29.7. The highest BCUT2D eigenvalue weighted by molar-refractivity contribution is 6.06. The Bertz CT molecular complexity index is 2740. The predicted molar refractivity (Wildman–Crippen MR) is 216 cm³/mol. The van der Waals surface area contributed by atoms with Gasteiger partial charge in [0.05, 0.1) is 6.04 Å². The molecule has 0 amide bonds. The first-order valence-electron chi connectivity index (χ1n) is 18.9. The van der Waals surface area contributed by atoms with Gasteiger partial charge in [-0.15, -0.1) is 0 Å². The fourth-order valence-corrected chi connectivity index (χ4v) is 9.93. The van der Waals surface area contributed by atoms with Gasteiger partial charge in [0.1, 0.15) is 17.2 Å². The summed E-state index contributed by atoms with van der Waals surface area (Å²) in [5.74, 6) is 2.22. The monoisotopic (exact) mass is 672 g/mol. The van der Waals surface area contributed by atoms with Crippen molar-refractivity contribution in [3.8, 4) is 11.1 Å².